The smallest absolute Gasteiger partial charge is 0.356 e. The molecule has 0 aliphatic rings. The minimum atomic E-state index is -0.495. The highest BCUT2D eigenvalue weighted by molar-refractivity contribution is 5.87. The maximum atomic E-state index is 11.2. The van der Waals surface area contributed by atoms with Crippen LogP contribution in [0.1, 0.15) is 10.5 Å². The first-order chi connectivity index (χ1) is 9.63. The molecule has 0 spiro atoms. The number of hydrogen-bond acceptors (Lipinski definition) is 6. The van der Waals surface area contributed by atoms with E-state index in [9.17, 15) is 4.79 Å². The van der Waals surface area contributed by atoms with Crippen LogP contribution in [0, 0.1) is 0 Å². The van der Waals surface area contributed by atoms with Gasteiger partial charge >= 0.3 is 5.97 Å². The summed E-state index contributed by atoms with van der Waals surface area (Å²) in [6.45, 7) is 0. The van der Waals surface area contributed by atoms with Crippen LogP contribution in [0.15, 0.2) is 36.5 Å². The quantitative estimate of drug-likeness (QED) is 0.680. The molecule has 0 atom stereocenters. The summed E-state index contributed by atoms with van der Waals surface area (Å²) in [5, 5.41) is 0. The van der Waals surface area contributed by atoms with Gasteiger partial charge in [0.05, 0.1) is 26.1 Å². The first-order valence-electron chi connectivity index (χ1n) is 5.79. The third kappa shape index (κ3) is 2.97. The molecule has 20 heavy (non-hydrogen) atoms. The molecule has 0 aliphatic carbocycles. The molecule has 2 aromatic rings. The average molecular weight is 274 g/mol. The molecule has 0 aliphatic heterocycles. The number of esters is 1. The minimum absolute atomic E-state index is 0.217. The standard InChI is InChI=1S/C14H14N2O4/c1-18-13-7-9(3-5-11(13)15)20-10-4-6-12(16-8-10)14(17)19-2/h3-8H,15H2,1-2H3. The maximum absolute atomic E-state index is 11.2. The topological polar surface area (TPSA) is 83.7 Å². The Labute approximate surface area is 116 Å². The van der Waals surface area contributed by atoms with Crippen LogP contribution >= 0.6 is 0 Å². The average Bonchev–Trinajstić information content (AvgIpc) is 2.49. The van der Waals surface area contributed by atoms with Gasteiger partial charge in [-0.1, -0.05) is 0 Å². The Bertz CT molecular complexity index is 611. The Kier molecular flexibility index (Phi) is 4.05. The van der Waals surface area contributed by atoms with Gasteiger partial charge in [-0.2, -0.15) is 0 Å². The number of hydrogen-bond donors (Lipinski definition) is 1. The Morgan fingerprint density at radius 3 is 2.50 bits per heavy atom. The summed E-state index contributed by atoms with van der Waals surface area (Å²) in [5.41, 5.74) is 6.46. The number of benzene rings is 1. The van der Waals surface area contributed by atoms with Gasteiger partial charge in [0, 0.05) is 6.07 Å². The van der Waals surface area contributed by atoms with Crippen molar-refractivity contribution in [1.29, 1.82) is 0 Å². The van der Waals surface area contributed by atoms with E-state index in [0.29, 0.717) is 22.9 Å². The highest BCUT2D eigenvalue weighted by atomic mass is 16.5. The summed E-state index contributed by atoms with van der Waals surface area (Å²) in [7, 11) is 2.83. The van der Waals surface area contributed by atoms with Gasteiger partial charge < -0.3 is 19.9 Å². The van der Waals surface area contributed by atoms with Crippen molar-refractivity contribution in [2.75, 3.05) is 20.0 Å². The lowest BCUT2D eigenvalue weighted by Crippen LogP contribution is -2.03. The number of pyridine rings is 1. The van der Waals surface area contributed by atoms with Crippen LogP contribution in [0.5, 0.6) is 17.2 Å². The van der Waals surface area contributed by atoms with Gasteiger partial charge in [-0.05, 0) is 24.3 Å². The first-order valence-corrected chi connectivity index (χ1v) is 5.79. The van der Waals surface area contributed by atoms with Gasteiger partial charge in [0.15, 0.2) is 0 Å². The third-order valence-corrected chi connectivity index (χ3v) is 2.57. The molecule has 1 aromatic heterocycles. The number of aromatic nitrogens is 1. The van der Waals surface area contributed by atoms with E-state index < -0.39 is 5.97 Å². The zero-order chi connectivity index (χ0) is 14.5. The molecule has 2 N–H and O–H groups in total. The van der Waals surface area contributed by atoms with Crippen molar-refractivity contribution >= 4 is 11.7 Å². The van der Waals surface area contributed by atoms with Crippen LogP contribution in [0.3, 0.4) is 0 Å². The third-order valence-electron chi connectivity index (χ3n) is 2.57. The van der Waals surface area contributed by atoms with E-state index in [-0.39, 0.29) is 5.69 Å². The second-order valence-electron chi connectivity index (χ2n) is 3.88. The molecule has 0 unspecified atom stereocenters. The monoisotopic (exact) mass is 274 g/mol. The Morgan fingerprint density at radius 2 is 1.90 bits per heavy atom. The van der Waals surface area contributed by atoms with Crippen LogP contribution in [-0.2, 0) is 4.74 Å². The van der Waals surface area contributed by atoms with Crippen molar-refractivity contribution < 1.29 is 19.0 Å². The molecule has 6 heteroatoms. The lowest BCUT2D eigenvalue weighted by atomic mass is 10.3. The van der Waals surface area contributed by atoms with Gasteiger partial charge in [0.25, 0.3) is 0 Å². The molecular formula is C14H14N2O4. The zero-order valence-corrected chi connectivity index (χ0v) is 11.1. The van der Waals surface area contributed by atoms with Crippen LogP contribution in [0.4, 0.5) is 5.69 Å². The number of nitrogen functional groups attached to an aromatic ring is 1. The predicted octanol–water partition coefficient (Wildman–Crippen LogP) is 2.25. The van der Waals surface area contributed by atoms with Crippen LogP contribution in [-0.4, -0.2) is 25.2 Å². The summed E-state index contributed by atoms with van der Waals surface area (Å²) in [6, 6.07) is 8.22. The Hall–Kier alpha value is -2.76. The van der Waals surface area contributed by atoms with Crippen molar-refractivity contribution in [3.63, 3.8) is 0 Å². The molecule has 0 amide bonds. The molecule has 1 aromatic carbocycles. The van der Waals surface area contributed by atoms with Crippen LogP contribution in [0.2, 0.25) is 0 Å². The van der Waals surface area contributed by atoms with Gasteiger partial charge in [0.2, 0.25) is 0 Å². The van der Waals surface area contributed by atoms with E-state index in [4.69, 9.17) is 15.2 Å². The fourth-order valence-electron chi connectivity index (χ4n) is 1.56. The lowest BCUT2D eigenvalue weighted by molar-refractivity contribution is 0.0594. The number of ether oxygens (including phenoxy) is 3. The number of anilines is 1. The van der Waals surface area contributed by atoms with Gasteiger partial charge in [-0.3, -0.25) is 0 Å². The summed E-state index contributed by atoms with van der Waals surface area (Å²) in [5.74, 6) is 1.08. The molecule has 1 heterocycles. The molecule has 0 fully saturated rings. The first kappa shape index (κ1) is 13.7. The summed E-state index contributed by atoms with van der Waals surface area (Å²) < 4.78 is 15.3. The van der Waals surface area contributed by atoms with E-state index in [1.165, 1.54) is 26.5 Å². The Morgan fingerprint density at radius 1 is 1.15 bits per heavy atom. The van der Waals surface area contributed by atoms with E-state index in [1.807, 2.05) is 0 Å². The van der Waals surface area contributed by atoms with Crippen LogP contribution in [0.25, 0.3) is 0 Å². The largest absolute Gasteiger partial charge is 0.494 e. The van der Waals surface area contributed by atoms with Crippen molar-refractivity contribution in [2.24, 2.45) is 0 Å². The van der Waals surface area contributed by atoms with Crippen LogP contribution < -0.4 is 15.2 Å². The molecule has 0 saturated carbocycles. The Balaban J connectivity index is 2.16. The number of carbonyl (C=O) groups excluding carboxylic acids is 1. The van der Waals surface area contributed by atoms with Gasteiger partial charge in [-0.15, -0.1) is 0 Å². The molecule has 0 saturated heterocycles. The van der Waals surface area contributed by atoms with E-state index >= 15 is 0 Å². The maximum Gasteiger partial charge on any atom is 0.356 e. The molecular weight excluding hydrogens is 260 g/mol. The van der Waals surface area contributed by atoms with Gasteiger partial charge in [-0.25, -0.2) is 9.78 Å². The number of nitrogens with zero attached hydrogens (tertiary/aromatic N) is 1. The van der Waals surface area contributed by atoms with Crippen molar-refractivity contribution in [3.05, 3.63) is 42.2 Å². The lowest BCUT2D eigenvalue weighted by Gasteiger charge is -2.09. The van der Waals surface area contributed by atoms with Crippen molar-refractivity contribution in [2.45, 2.75) is 0 Å². The number of methoxy groups -OCH3 is 2. The van der Waals surface area contributed by atoms with E-state index in [1.54, 1.807) is 24.3 Å². The molecule has 0 bridgehead atoms. The fourth-order valence-corrected chi connectivity index (χ4v) is 1.56. The molecule has 104 valence electrons. The second-order valence-corrected chi connectivity index (χ2v) is 3.88. The van der Waals surface area contributed by atoms with E-state index in [2.05, 4.69) is 9.72 Å². The minimum Gasteiger partial charge on any atom is -0.494 e. The SMILES string of the molecule is COC(=O)c1ccc(Oc2ccc(N)c(OC)c2)cn1. The number of nitrogens with two attached hydrogens (primary N) is 1. The highest BCUT2D eigenvalue weighted by Crippen LogP contribution is 2.29. The normalized spacial score (nSPS) is 9.90. The van der Waals surface area contributed by atoms with Crippen molar-refractivity contribution in [3.8, 4) is 17.2 Å². The fraction of sp³-hybridized carbons (Fsp3) is 0.143. The van der Waals surface area contributed by atoms with E-state index in [0.717, 1.165) is 0 Å². The summed E-state index contributed by atoms with van der Waals surface area (Å²) >= 11 is 0. The zero-order valence-electron chi connectivity index (χ0n) is 11.1. The molecule has 2 rings (SSSR count). The summed E-state index contributed by atoms with van der Waals surface area (Å²) in [6.07, 6.45) is 1.44. The van der Waals surface area contributed by atoms with Gasteiger partial charge in [0.1, 0.15) is 22.9 Å². The summed E-state index contributed by atoms with van der Waals surface area (Å²) in [4.78, 5) is 15.2. The molecule has 6 nitrogen and oxygen atoms in total. The highest BCUT2D eigenvalue weighted by Gasteiger charge is 2.08. The number of carbonyl (C=O) groups is 1. The molecule has 0 radical (unpaired) electrons. The second kappa shape index (κ2) is 5.92. The number of rotatable bonds is 4. The predicted molar refractivity (Wildman–Crippen MR) is 73.1 cm³/mol. The van der Waals surface area contributed by atoms with Crippen molar-refractivity contribution in [1.82, 2.24) is 4.98 Å².